The molecule has 0 saturated heterocycles. The minimum atomic E-state index is 0.716. The molecule has 8 aromatic rings. The van der Waals surface area contributed by atoms with Crippen LogP contribution in [0.25, 0.3) is 76.3 Å². The number of nitrogens with zero attached hydrogens (tertiary/aromatic N) is 3. The van der Waals surface area contributed by atoms with Gasteiger partial charge in [0, 0.05) is 60.4 Å². The van der Waals surface area contributed by atoms with Crippen molar-refractivity contribution in [3.8, 4) is 56.2 Å². The summed E-state index contributed by atoms with van der Waals surface area (Å²) >= 11 is 1.84. The standard InChI is InChI=1S/C39H25N3S/c1-3-9-27(10-4-1)35-23-36(42-39(41-35)29-11-5-2-6-12-29)28-17-15-26(16-18-28)31-21-32(25-40-24-31)30-19-20-38-34(22-30)33-13-7-8-14-37(33)43-38/h1-25H. The predicted molar refractivity (Wildman–Crippen MR) is 180 cm³/mol. The smallest absolute Gasteiger partial charge is 0.160 e. The Labute approximate surface area is 253 Å². The zero-order valence-corrected chi connectivity index (χ0v) is 24.0. The molecule has 8 rings (SSSR count). The predicted octanol–water partition coefficient (Wildman–Crippen LogP) is 10.6. The highest BCUT2D eigenvalue weighted by atomic mass is 32.1. The fourth-order valence-electron chi connectivity index (χ4n) is 5.56. The van der Waals surface area contributed by atoms with Crippen molar-refractivity contribution in [1.29, 1.82) is 0 Å². The molecule has 0 spiro atoms. The van der Waals surface area contributed by atoms with E-state index in [0.29, 0.717) is 5.82 Å². The van der Waals surface area contributed by atoms with Crippen LogP contribution < -0.4 is 0 Å². The summed E-state index contributed by atoms with van der Waals surface area (Å²) < 4.78 is 2.62. The molecule has 43 heavy (non-hydrogen) atoms. The molecule has 0 N–H and O–H groups in total. The van der Waals surface area contributed by atoms with Gasteiger partial charge in [0.25, 0.3) is 0 Å². The molecule has 0 saturated carbocycles. The van der Waals surface area contributed by atoms with Crippen molar-refractivity contribution in [3.05, 3.63) is 152 Å². The molecule has 0 aliphatic carbocycles. The van der Waals surface area contributed by atoms with Gasteiger partial charge in [-0.05, 0) is 41.5 Å². The summed E-state index contributed by atoms with van der Waals surface area (Å²) in [7, 11) is 0. The summed E-state index contributed by atoms with van der Waals surface area (Å²) in [6, 6.07) is 48.6. The molecular formula is C39H25N3S. The molecular weight excluding hydrogens is 543 g/mol. The number of rotatable bonds is 5. The third kappa shape index (κ3) is 4.88. The zero-order valence-electron chi connectivity index (χ0n) is 23.2. The molecule has 0 radical (unpaired) electrons. The maximum absolute atomic E-state index is 4.97. The lowest BCUT2D eigenvalue weighted by Crippen LogP contribution is -1.95. The minimum Gasteiger partial charge on any atom is -0.263 e. The van der Waals surface area contributed by atoms with Crippen LogP contribution >= 0.6 is 11.3 Å². The average molecular weight is 568 g/mol. The number of pyridine rings is 1. The lowest BCUT2D eigenvalue weighted by molar-refractivity contribution is 1.18. The SMILES string of the molecule is c1ccc(-c2cc(-c3ccc(-c4cncc(-c5ccc6sc7ccccc7c6c5)c4)cc3)nc(-c3ccccc3)n2)cc1. The minimum absolute atomic E-state index is 0.716. The van der Waals surface area contributed by atoms with E-state index in [2.05, 4.69) is 108 Å². The van der Waals surface area contributed by atoms with Crippen LogP contribution in [-0.4, -0.2) is 15.0 Å². The number of fused-ring (bicyclic) bond motifs is 3. The van der Waals surface area contributed by atoms with Crippen LogP contribution in [-0.2, 0) is 0 Å². The van der Waals surface area contributed by atoms with Crippen LogP contribution in [0.1, 0.15) is 0 Å². The van der Waals surface area contributed by atoms with E-state index in [-0.39, 0.29) is 0 Å². The molecule has 0 aliphatic rings. The average Bonchev–Trinajstić information content (AvgIpc) is 3.47. The first-order valence-corrected chi connectivity index (χ1v) is 15.1. The fraction of sp³-hybridized carbons (Fsp3) is 0. The van der Waals surface area contributed by atoms with Crippen molar-refractivity contribution in [2.24, 2.45) is 0 Å². The van der Waals surface area contributed by atoms with E-state index in [9.17, 15) is 0 Å². The lowest BCUT2D eigenvalue weighted by Gasteiger charge is -2.10. The summed E-state index contributed by atoms with van der Waals surface area (Å²) in [5, 5.41) is 2.60. The van der Waals surface area contributed by atoms with Gasteiger partial charge in [-0.25, -0.2) is 9.97 Å². The fourth-order valence-corrected chi connectivity index (χ4v) is 6.65. The van der Waals surface area contributed by atoms with Gasteiger partial charge in [0.05, 0.1) is 11.4 Å². The molecule has 0 amide bonds. The van der Waals surface area contributed by atoms with Crippen molar-refractivity contribution in [1.82, 2.24) is 15.0 Å². The Kier molecular flexibility index (Phi) is 6.32. The van der Waals surface area contributed by atoms with Crippen molar-refractivity contribution >= 4 is 31.5 Å². The maximum Gasteiger partial charge on any atom is 0.160 e. The van der Waals surface area contributed by atoms with Crippen molar-refractivity contribution in [2.75, 3.05) is 0 Å². The Hall–Kier alpha value is -5.45. The Morgan fingerprint density at radius 2 is 0.930 bits per heavy atom. The van der Waals surface area contributed by atoms with Crippen LogP contribution in [0.5, 0.6) is 0 Å². The molecule has 202 valence electrons. The van der Waals surface area contributed by atoms with Gasteiger partial charge in [0.15, 0.2) is 5.82 Å². The molecule has 3 heterocycles. The Morgan fingerprint density at radius 1 is 0.372 bits per heavy atom. The number of thiophene rings is 1. The summed E-state index contributed by atoms with van der Waals surface area (Å²) in [6.45, 7) is 0. The zero-order chi connectivity index (χ0) is 28.6. The summed E-state index contributed by atoms with van der Waals surface area (Å²) in [5.41, 5.74) is 9.37. The number of hydrogen-bond donors (Lipinski definition) is 0. The first kappa shape index (κ1) is 25.3. The van der Waals surface area contributed by atoms with Gasteiger partial charge in [-0.15, -0.1) is 11.3 Å². The van der Waals surface area contributed by atoms with Crippen LogP contribution in [0.3, 0.4) is 0 Å². The van der Waals surface area contributed by atoms with Crippen molar-refractivity contribution in [3.63, 3.8) is 0 Å². The van der Waals surface area contributed by atoms with Gasteiger partial charge < -0.3 is 0 Å². The molecule has 0 fully saturated rings. The largest absolute Gasteiger partial charge is 0.263 e. The van der Waals surface area contributed by atoms with Gasteiger partial charge >= 0.3 is 0 Å². The van der Waals surface area contributed by atoms with Crippen LogP contribution in [0.4, 0.5) is 0 Å². The van der Waals surface area contributed by atoms with E-state index in [1.54, 1.807) is 0 Å². The normalized spacial score (nSPS) is 11.3. The third-order valence-corrected chi connectivity index (χ3v) is 8.94. The Balaban J connectivity index is 1.15. The second-order valence-corrected chi connectivity index (χ2v) is 11.6. The highest BCUT2D eigenvalue weighted by Crippen LogP contribution is 2.37. The monoisotopic (exact) mass is 567 g/mol. The van der Waals surface area contributed by atoms with E-state index >= 15 is 0 Å². The number of aromatic nitrogens is 3. The van der Waals surface area contributed by atoms with Crippen LogP contribution in [0.15, 0.2) is 152 Å². The third-order valence-electron chi connectivity index (χ3n) is 7.79. The first-order valence-electron chi connectivity index (χ1n) is 14.3. The molecule has 0 atom stereocenters. The van der Waals surface area contributed by atoms with Crippen LogP contribution in [0.2, 0.25) is 0 Å². The van der Waals surface area contributed by atoms with Gasteiger partial charge in [-0.2, -0.15) is 0 Å². The molecule has 3 nitrogen and oxygen atoms in total. The van der Waals surface area contributed by atoms with E-state index in [1.165, 1.54) is 25.7 Å². The quantitative estimate of drug-likeness (QED) is 0.208. The van der Waals surface area contributed by atoms with Crippen molar-refractivity contribution < 1.29 is 0 Å². The topological polar surface area (TPSA) is 38.7 Å². The summed E-state index contributed by atoms with van der Waals surface area (Å²) in [5.74, 6) is 0.716. The van der Waals surface area contributed by atoms with Gasteiger partial charge in [-0.1, -0.05) is 109 Å². The summed E-state index contributed by atoms with van der Waals surface area (Å²) in [6.07, 6.45) is 3.88. The maximum atomic E-state index is 4.97. The van der Waals surface area contributed by atoms with Crippen molar-refractivity contribution in [2.45, 2.75) is 0 Å². The highest BCUT2D eigenvalue weighted by molar-refractivity contribution is 7.25. The number of hydrogen-bond acceptors (Lipinski definition) is 4. The molecule has 0 bridgehead atoms. The van der Waals surface area contributed by atoms with Gasteiger partial charge in [-0.3, -0.25) is 4.98 Å². The summed E-state index contributed by atoms with van der Waals surface area (Å²) in [4.78, 5) is 14.5. The molecule has 0 aliphatic heterocycles. The highest BCUT2D eigenvalue weighted by Gasteiger charge is 2.12. The first-order chi connectivity index (χ1) is 21.3. The van der Waals surface area contributed by atoms with Gasteiger partial charge in [0.2, 0.25) is 0 Å². The molecule has 4 heteroatoms. The lowest BCUT2D eigenvalue weighted by atomic mass is 9.99. The van der Waals surface area contributed by atoms with E-state index < -0.39 is 0 Å². The van der Waals surface area contributed by atoms with E-state index in [4.69, 9.17) is 9.97 Å². The Bertz CT molecular complexity index is 2160. The molecule has 5 aromatic carbocycles. The van der Waals surface area contributed by atoms with E-state index in [1.807, 2.05) is 60.1 Å². The molecule has 3 aromatic heterocycles. The van der Waals surface area contributed by atoms with Gasteiger partial charge in [0.1, 0.15) is 0 Å². The number of benzene rings is 5. The second kappa shape index (κ2) is 10.8. The van der Waals surface area contributed by atoms with Crippen LogP contribution in [0, 0.1) is 0 Å². The Morgan fingerprint density at radius 3 is 1.67 bits per heavy atom. The second-order valence-electron chi connectivity index (χ2n) is 10.5. The molecule has 0 unspecified atom stereocenters. The van der Waals surface area contributed by atoms with E-state index in [0.717, 1.165) is 44.8 Å².